The summed E-state index contributed by atoms with van der Waals surface area (Å²) < 4.78 is 31.4. The average Bonchev–Trinajstić information content (AvgIpc) is 2.27. The predicted octanol–water partition coefficient (Wildman–Crippen LogP) is 2.23. The Kier molecular flexibility index (Phi) is 3.85. The molecule has 88 valence electrons. The Morgan fingerprint density at radius 2 is 2.00 bits per heavy atom. The number of halogens is 2. The molecule has 1 heterocycles. The number of hydrogen-bond acceptors (Lipinski definition) is 2. The highest BCUT2D eigenvalue weighted by Gasteiger charge is 2.13. The van der Waals surface area contributed by atoms with E-state index in [0.29, 0.717) is 5.56 Å². The van der Waals surface area contributed by atoms with Gasteiger partial charge in [0, 0.05) is 12.6 Å². The first-order chi connectivity index (χ1) is 7.74. The molecule has 2 rings (SSSR count). The van der Waals surface area contributed by atoms with E-state index in [0.717, 1.165) is 32.0 Å². The molecule has 0 aliphatic carbocycles. The molecule has 16 heavy (non-hydrogen) atoms. The summed E-state index contributed by atoms with van der Waals surface area (Å²) in [6.45, 7) is 2.10. The van der Waals surface area contributed by atoms with Crippen LogP contribution >= 0.6 is 0 Å². The lowest BCUT2D eigenvalue weighted by Gasteiger charge is -2.23. The van der Waals surface area contributed by atoms with E-state index in [1.807, 2.05) is 0 Å². The monoisotopic (exact) mass is 227 g/mol. The van der Waals surface area contributed by atoms with Crippen molar-refractivity contribution in [3.63, 3.8) is 0 Å². The molecule has 0 unspecified atom stereocenters. The number of nitrogens with one attached hydrogen (secondary N) is 1. The molecule has 1 atom stereocenters. The van der Waals surface area contributed by atoms with Crippen LogP contribution in [0.4, 0.5) is 8.78 Å². The first kappa shape index (κ1) is 11.5. The van der Waals surface area contributed by atoms with Gasteiger partial charge in [-0.15, -0.1) is 0 Å². The van der Waals surface area contributed by atoms with E-state index < -0.39 is 11.6 Å². The largest absolute Gasteiger partial charge is 0.372 e. The second-order valence-corrected chi connectivity index (χ2v) is 4.06. The van der Waals surface area contributed by atoms with Crippen LogP contribution < -0.4 is 5.32 Å². The van der Waals surface area contributed by atoms with E-state index in [1.54, 1.807) is 0 Å². The summed E-state index contributed by atoms with van der Waals surface area (Å²) in [4.78, 5) is 0. The van der Waals surface area contributed by atoms with Gasteiger partial charge in [0.25, 0.3) is 0 Å². The van der Waals surface area contributed by atoms with Crippen molar-refractivity contribution in [1.82, 2.24) is 5.32 Å². The second kappa shape index (κ2) is 5.37. The van der Waals surface area contributed by atoms with Gasteiger partial charge in [0.2, 0.25) is 0 Å². The van der Waals surface area contributed by atoms with Crippen molar-refractivity contribution >= 4 is 0 Å². The standard InChI is InChI=1S/C12H15F2NO/c13-10-4-9(5-11(14)6-10)8-16-12-2-1-3-15-7-12/h4-6,12,15H,1-3,7-8H2/t12-/m0/s1. The fourth-order valence-electron chi connectivity index (χ4n) is 1.87. The Balaban J connectivity index is 1.88. The molecule has 1 aromatic carbocycles. The van der Waals surface area contributed by atoms with Crippen LogP contribution in [0.25, 0.3) is 0 Å². The minimum Gasteiger partial charge on any atom is -0.372 e. The van der Waals surface area contributed by atoms with E-state index in [1.165, 1.54) is 12.1 Å². The van der Waals surface area contributed by atoms with Crippen LogP contribution in [-0.2, 0) is 11.3 Å². The first-order valence-corrected chi connectivity index (χ1v) is 5.51. The maximum Gasteiger partial charge on any atom is 0.126 e. The molecule has 1 aromatic rings. The van der Waals surface area contributed by atoms with Crippen LogP contribution in [0.3, 0.4) is 0 Å². The highest BCUT2D eigenvalue weighted by atomic mass is 19.1. The Morgan fingerprint density at radius 3 is 2.62 bits per heavy atom. The smallest absolute Gasteiger partial charge is 0.126 e. The molecule has 0 radical (unpaired) electrons. The highest BCUT2D eigenvalue weighted by Crippen LogP contribution is 2.12. The van der Waals surface area contributed by atoms with Crippen molar-refractivity contribution in [2.24, 2.45) is 0 Å². The molecule has 2 nitrogen and oxygen atoms in total. The van der Waals surface area contributed by atoms with E-state index in [-0.39, 0.29) is 12.7 Å². The van der Waals surface area contributed by atoms with Crippen LogP contribution in [-0.4, -0.2) is 19.2 Å². The van der Waals surface area contributed by atoms with Gasteiger partial charge in [0.1, 0.15) is 11.6 Å². The van der Waals surface area contributed by atoms with Crippen molar-refractivity contribution in [3.05, 3.63) is 35.4 Å². The molecule has 0 spiro atoms. The predicted molar refractivity (Wildman–Crippen MR) is 57.0 cm³/mol. The Labute approximate surface area is 93.6 Å². The van der Waals surface area contributed by atoms with Crippen molar-refractivity contribution in [1.29, 1.82) is 0 Å². The van der Waals surface area contributed by atoms with E-state index in [2.05, 4.69) is 5.32 Å². The molecule has 0 amide bonds. The summed E-state index contributed by atoms with van der Waals surface area (Å²) >= 11 is 0. The number of hydrogen-bond donors (Lipinski definition) is 1. The molecule has 1 fully saturated rings. The normalized spacial score (nSPS) is 21.0. The van der Waals surface area contributed by atoms with Gasteiger partial charge in [-0.05, 0) is 37.1 Å². The van der Waals surface area contributed by atoms with Crippen molar-refractivity contribution in [2.45, 2.75) is 25.6 Å². The summed E-state index contributed by atoms with van der Waals surface area (Å²) in [7, 11) is 0. The second-order valence-electron chi connectivity index (χ2n) is 4.06. The van der Waals surface area contributed by atoms with Gasteiger partial charge in [0.15, 0.2) is 0 Å². The van der Waals surface area contributed by atoms with Gasteiger partial charge in [-0.3, -0.25) is 0 Å². The number of piperidine rings is 1. The maximum absolute atomic E-state index is 12.9. The Morgan fingerprint density at radius 1 is 1.25 bits per heavy atom. The highest BCUT2D eigenvalue weighted by molar-refractivity contribution is 5.16. The summed E-state index contributed by atoms with van der Waals surface area (Å²) in [6.07, 6.45) is 2.24. The molecular formula is C12H15F2NO. The molecule has 1 N–H and O–H groups in total. The van der Waals surface area contributed by atoms with Gasteiger partial charge >= 0.3 is 0 Å². The minimum atomic E-state index is -0.555. The zero-order chi connectivity index (χ0) is 11.4. The third kappa shape index (κ3) is 3.25. The molecule has 1 aliphatic rings. The van der Waals surface area contributed by atoms with Gasteiger partial charge in [-0.25, -0.2) is 8.78 Å². The SMILES string of the molecule is Fc1cc(F)cc(CO[C@H]2CCCNC2)c1. The minimum absolute atomic E-state index is 0.153. The molecule has 1 aliphatic heterocycles. The van der Waals surface area contributed by atoms with Crippen molar-refractivity contribution in [2.75, 3.05) is 13.1 Å². The number of benzene rings is 1. The molecule has 1 saturated heterocycles. The van der Waals surface area contributed by atoms with Crippen LogP contribution in [0.1, 0.15) is 18.4 Å². The lowest BCUT2D eigenvalue weighted by atomic mass is 10.1. The van der Waals surface area contributed by atoms with Gasteiger partial charge in [-0.1, -0.05) is 0 Å². The fourth-order valence-corrected chi connectivity index (χ4v) is 1.87. The van der Waals surface area contributed by atoms with E-state index in [4.69, 9.17) is 4.74 Å². The van der Waals surface area contributed by atoms with Crippen molar-refractivity contribution in [3.8, 4) is 0 Å². The van der Waals surface area contributed by atoms with Gasteiger partial charge in [-0.2, -0.15) is 0 Å². The van der Waals surface area contributed by atoms with Gasteiger partial charge in [0.05, 0.1) is 12.7 Å². The summed E-state index contributed by atoms with van der Waals surface area (Å²) in [6, 6.07) is 3.48. The fraction of sp³-hybridized carbons (Fsp3) is 0.500. The van der Waals surface area contributed by atoms with Gasteiger partial charge < -0.3 is 10.1 Å². The zero-order valence-corrected chi connectivity index (χ0v) is 9.01. The molecule has 0 aromatic heterocycles. The van der Waals surface area contributed by atoms with Crippen LogP contribution in [0.2, 0.25) is 0 Å². The summed E-state index contributed by atoms with van der Waals surface area (Å²) in [5.41, 5.74) is 0.545. The maximum atomic E-state index is 12.9. The topological polar surface area (TPSA) is 21.3 Å². The third-order valence-corrected chi connectivity index (χ3v) is 2.66. The third-order valence-electron chi connectivity index (χ3n) is 2.66. The van der Waals surface area contributed by atoms with Crippen molar-refractivity contribution < 1.29 is 13.5 Å². The van der Waals surface area contributed by atoms with E-state index >= 15 is 0 Å². The Bertz CT molecular complexity index is 331. The number of ether oxygens (including phenoxy) is 1. The van der Waals surface area contributed by atoms with Crippen LogP contribution in [0.15, 0.2) is 18.2 Å². The summed E-state index contributed by atoms with van der Waals surface area (Å²) in [5, 5.41) is 3.22. The van der Waals surface area contributed by atoms with Crippen LogP contribution in [0, 0.1) is 11.6 Å². The molecule has 4 heteroatoms. The van der Waals surface area contributed by atoms with E-state index in [9.17, 15) is 8.78 Å². The number of rotatable bonds is 3. The molecular weight excluding hydrogens is 212 g/mol. The lowest BCUT2D eigenvalue weighted by Crippen LogP contribution is -2.35. The van der Waals surface area contributed by atoms with Crippen LogP contribution in [0.5, 0.6) is 0 Å². The average molecular weight is 227 g/mol. The molecule has 0 bridgehead atoms. The zero-order valence-electron chi connectivity index (χ0n) is 9.01. The quantitative estimate of drug-likeness (QED) is 0.855. The summed E-state index contributed by atoms with van der Waals surface area (Å²) in [5.74, 6) is -1.11. The Hall–Kier alpha value is -1.00. The lowest BCUT2D eigenvalue weighted by molar-refractivity contribution is 0.0250. The molecule has 0 saturated carbocycles. The first-order valence-electron chi connectivity index (χ1n) is 5.51.